The highest BCUT2D eigenvalue weighted by molar-refractivity contribution is 9.10. The number of fused-ring (bicyclic) bond motifs is 1. The van der Waals surface area contributed by atoms with Crippen molar-refractivity contribution < 1.29 is 0 Å². The summed E-state index contributed by atoms with van der Waals surface area (Å²) in [6, 6.07) is 3.81. The summed E-state index contributed by atoms with van der Waals surface area (Å²) in [6.07, 6.45) is 3.04. The lowest BCUT2D eigenvalue weighted by Crippen LogP contribution is -2.37. The van der Waals surface area contributed by atoms with E-state index in [9.17, 15) is 0 Å². The molecule has 1 aliphatic heterocycles. The Bertz CT molecular complexity index is 554. The highest BCUT2D eigenvalue weighted by Gasteiger charge is 2.17. The zero-order chi connectivity index (χ0) is 11.1. The molecule has 0 spiro atoms. The van der Waals surface area contributed by atoms with Crippen molar-refractivity contribution in [3.63, 3.8) is 0 Å². The molecular weight excluding hydrogens is 289 g/mol. The molecule has 82 valence electrons. The van der Waals surface area contributed by atoms with Crippen LogP contribution in [0.5, 0.6) is 0 Å². The van der Waals surface area contributed by atoms with Gasteiger partial charge in [0.25, 0.3) is 0 Å². The van der Waals surface area contributed by atoms with E-state index in [1.807, 2.05) is 18.3 Å². The molecule has 0 aliphatic carbocycles. The Hall–Kier alpha value is -0.870. The number of nitrogens with zero attached hydrogens (tertiary/aromatic N) is 3. The summed E-state index contributed by atoms with van der Waals surface area (Å²) in [6.45, 7) is 2.12. The molecule has 0 bridgehead atoms. The second-order valence-corrected chi connectivity index (χ2v) is 5.03. The number of halogens is 2. The summed E-state index contributed by atoms with van der Waals surface area (Å²) < 4.78 is 0.858. The molecule has 3 rings (SSSR count). The Morgan fingerprint density at radius 1 is 1.31 bits per heavy atom. The molecule has 1 aliphatic rings. The first-order chi connectivity index (χ1) is 7.75. The number of anilines is 1. The van der Waals surface area contributed by atoms with E-state index in [1.54, 1.807) is 0 Å². The van der Waals surface area contributed by atoms with Gasteiger partial charge in [0.2, 0.25) is 0 Å². The molecule has 0 N–H and O–H groups in total. The van der Waals surface area contributed by atoms with Crippen LogP contribution in [0.25, 0.3) is 11.0 Å². The Labute approximate surface area is 107 Å². The minimum absolute atomic E-state index is 0.632. The van der Waals surface area contributed by atoms with Gasteiger partial charge in [-0.15, -0.1) is 0 Å². The van der Waals surface area contributed by atoms with Gasteiger partial charge in [0.05, 0.1) is 16.7 Å². The van der Waals surface area contributed by atoms with Crippen LogP contribution >= 0.6 is 27.5 Å². The molecule has 2 aromatic rings. The van der Waals surface area contributed by atoms with Gasteiger partial charge in [-0.05, 0) is 34.5 Å². The topological polar surface area (TPSA) is 29.0 Å². The van der Waals surface area contributed by atoms with E-state index in [4.69, 9.17) is 11.6 Å². The zero-order valence-electron chi connectivity index (χ0n) is 8.45. The van der Waals surface area contributed by atoms with Crippen LogP contribution in [-0.4, -0.2) is 23.1 Å². The third kappa shape index (κ3) is 1.57. The van der Waals surface area contributed by atoms with Crippen LogP contribution in [0.15, 0.2) is 22.8 Å². The van der Waals surface area contributed by atoms with Gasteiger partial charge in [-0.3, -0.25) is 4.98 Å². The van der Waals surface area contributed by atoms with Crippen molar-refractivity contribution in [2.45, 2.75) is 6.42 Å². The third-order valence-corrected chi connectivity index (χ3v) is 4.04. The van der Waals surface area contributed by atoms with E-state index in [0.717, 1.165) is 34.4 Å². The molecule has 0 saturated carbocycles. The van der Waals surface area contributed by atoms with Crippen LogP contribution in [0.2, 0.25) is 5.02 Å². The minimum atomic E-state index is 0.632. The maximum Gasteiger partial charge on any atom is 0.147 e. The summed E-state index contributed by atoms with van der Waals surface area (Å²) in [5.74, 6) is 0.916. The van der Waals surface area contributed by atoms with Crippen molar-refractivity contribution in [1.29, 1.82) is 0 Å². The second-order valence-electron chi connectivity index (χ2n) is 3.80. The molecular formula is C11H9BrClN3. The van der Waals surface area contributed by atoms with Gasteiger partial charge >= 0.3 is 0 Å². The first-order valence-electron chi connectivity index (χ1n) is 5.11. The number of hydrogen-bond donors (Lipinski definition) is 0. The molecule has 3 nitrogen and oxygen atoms in total. The molecule has 0 atom stereocenters. The predicted molar refractivity (Wildman–Crippen MR) is 69.1 cm³/mol. The van der Waals surface area contributed by atoms with E-state index >= 15 is 0 Å². The lowest BCUT2D eigenvalue weighted by atomic mass is 10.2. The standard InChI is InChI=1S/C11H9BrClN3/c12-7-2-3-8-11(10(7)13)15-9(6-14-8)16-4-1-5-16/h2-3,6H,1,4-5H2. The molecule has 16 heavy (non-hydrogen) atoms. The van der Waals surface area contributed by atoms with Crippen molar-refractivity contribution in [3.05, 3.63) is 27.8 Å². The first kappa shape index (κ1) is 10.3. The van der Waals surface area contributed by atoms with E-state index in [1.165, 1.54) is 6.42 Å². The van der Waals surface area contributed by atoms with Gasteiger partial charge in [0.1, 0.15) is 11.3 Å². The molecule has 1 fully saturated rings. The number of aromatic nitrogens is 2. The SMILES string of the molecule is Clc1c(Br)ccc2ncc(N3CCC3)nc12. The number of rotatable bonds is 1. The largest absolute Gasteiger partial charge is 0.355 e. The summed E-state index contributed by atoms with van der Waals surface area (Å²) >= 11 is 9.59. The highest BCUT2D eigenvalue weighted by Crippen LogP contribution is 2.30. The summed E-state index contributed by atoms with van der Waals surface area (Å²) in [7, 11) is 0. The van der Waals surface area contributed by atoms with E-state index in [2.05, 4.69) is 30.8 Å². The minimum Gasteiger partial charge on any atom is -0.355 e. The summed E-state index contributed by atoms with van der Waals surface area (Å²) in [5.41, 5.74) is 1.60. The normalized spacial score (nSPS) is 15.2. The molecule has 1 saturated heterocycles. The van der Waals surface area contributed by atoms with Crippen LogP contribution in [0, 0.1) is 0 Å². The zero-order valence-corrected chi connectivity index (χ0v) is 10.8. The second kappa shape index (κ2) is 3.86. The van der Waals surface area contributed by atoms with Gasteiger partial charge in [-0.1, -0.05) is 11.6 Å². The van der Waals surface area contributed by atoms with E-state index in [-0.39, 0.29) is 0 Å². The summed E-state index contributed by atoms with van der Waals surface area (Å²) in [5, 5.41) is 0.632. The molecule has 0 unspecified atom stereocenters. The Morgan fingerprint density at radius 3 is 2.81 bits per heavy atom. The van der Waals surface area contributed by atoms with Crippen molar-refractivity contribution in [2.24, 2.45) is 0 Å². The lowest BCUT2D eigenvalue weighted by molar-refractivity contribution is 0.609. The van der Waals surface area contributed by atoms with Crippen molar-refractivity contribution >= 4 is 44.4 Å². The molecule has 2 heterocycles. The molecule has 5 heteroatoms. The van der Waals surface area contributed by atoms with Gasteiger partial charge in [0, 0.05) is 17.6 Å². The monoisotopic (exact) mass is 297 g/mol. The molecule has 1 aromatic heterocycles. The van der Waals surface area contributed by atoms with Crippen molar-refractivity contribution in [1.82, 2.24) is 9.97 Å². The van der Waals surface area contributed by atoms with Gasteiger partial charge in [-0.25, -0.2) is 4.98 Å². The Kier molecular flexibility index (Phi) is 2.48. The smallest absolute Gasteiger partial charge is 0.147 e. The van der Waals surface area contributed by atoms with Gasteiger partial charge in [-0.2, -0.15) is 0 Å². The molecule has 0 amide bonds. The van der Waals surface area contributed by atoms with E-state index < -0.39 is 0 Å². The van der Waals surface area contributed by atoms with Gasteiger partial charge < -0.3 is 4.90 Å². The van der Waals surface area contributed by atoms with Crippen LogP contribution in [-0.2, 0) is 0 Å². The van der Waals surface area contributed by atoms with E-state index in [0.29, 0.717) is 5.02 Å². The maximum absolute atomic E-state index is 6.20. The summed E-state index contributed by atoms with van der Waals surface area (Å²) in [4.78, 5) is 11.1. The fourth-order valence-corrected chi connectivity index (χ4v) is 2.23. The van der Waals surface area contributed by atoms with Crippen LogP contribution in [0.3, 0.4) is 0 Å². The average molecular weight is 299 g/mol. The predicted octanol–water partition coefficient (Wildman–Crippen LogP) is 3.26. The Morgan fingerprint density at radius 2 is 2.12 bits per heavy atom. The lowest BCUT2D eigenvalue weighted by Gasteiger charge is -2.31. The van der Waals surface area contributed by atoms with Crippen molar-refractivity contribution in [2.75, 3.05) is 18.0 Å². The fourth-order valence-electron chi connectivity index (χ4n) is 1.71. The molecule has 1 aromatic carbocycles. The Balaban J connectivity index is 2.18. The van der Waals surface area contributed by atoms with Crippen LogP contribution in [0.4, 0.5) is 5.82 Å². The fraction of sp³-hybridized carbons (Fsp3) is 0.273. The highest BCUT2D eigenvalue weighted by atomic mass is 79.9. The van der Waals surface area contributed by atoms with Crippen LogP contribution < -0.4 is 4.90 Å². The quantitative estimate of drug-likeness (QED) is 0.809. The van der Waals surface area contributed by atoms with Crippen molar-refractivity contribution in [3.8, 4) is 0 Å². The maximum atomic E-state index is 6.20. The third-order valence-electron chi connectivity index (χ3n) is 2.77. The number of benzene rings is 1. The van der Waals surface area contributed by atoms with Gasteiger partial charge in [0.15, 0.2) is 0 Å². The molecule has 0 radical (unpaired) electrons. The average Bonchev–Trinajstić information content (AvgIpc) is 2.22. The first-order valence-corrected chi connectivity index (χ1v) is 6.28. The number of hydrogen-bond acceptors (Lipinski definition) is 3. The van der Waals surface area contributed by atoms with Crippen LogP contribution in [0.1, 0.15) is 6.42 Å².